The first-order valence-electron chi connectivity index (χ1n) is 11.1. The van der Waals surface area contributed by atoms with Gasteiger partial charge in [0.05, 0.1) is 12.2 Å². The van der Waals surface area contributed by atoms with Crippen LogP contribution in [0.2, 0.25) is 0 Å². The van der Waals surface area contributed by atoms with Crippen LogP contribution in [0.4, 0.5) is 0 Å². The molecule has 2 aromatic rings. The van der Waals surface area contributed by atoms with E-state index in [1.807, 2.05) is 43.3 Å². The van der Waals surface area contributed by atoms with Gasteiger partial charge in [0.1, 0.15) is 11.2 Å². The quantitative estimate of drug-likeness (QED) is 0.817. The Kier molecular flexibility index (Phi) is 5.67. The number of nitrogens with one attached hydrogen (secondary N) is 1. The fourth-order valence-corrected chi connectivity index (χ4v) is 4.55. The van der Waals surface area contributed by atoms with Crippen molar-refractivity contribution >= 4 is 11.8 Å². The average Bonchev–Trinajstić information content (AvgIpc) is 3.17. The van der Waals surface area contributed by atoms with Gasteiger partial charge in [0, 0.05) is 12.6 Å². The number of nitrogens with zero attached hydrogens (tertiary/aromatic N) is 3. The first kappa shape index (κ1) is 20.6. The van der Waals surface area contributed by atoms with Crippen LogP contribution in [0.1, 0.15) is 80.5 Å². The number of carbonyl (C=O) groups is 2. The molecule has 30 heavy (non-hydrogen) atoms. The number of carbonyl (C=O) groups excluding carboxylic acids is 2. The Morgan fingerprint density at radius 3 is 2.57 bits per heavy atom. The maximum absolute atomic E-state index is 13.6. The monoisotopic (exact) mass is 408 g/mol. The lowest BCUT2D eigenvalue weighted by Gasteiger charge is -2.44. The molecule has 2 amide bonds. The second kappa shape index (κ2) is 8.25. The van der Waals surface area contributed by atoms with Crippen LogP contribution in [0.3, 0.4) is 0 Å². The molecule has 1 aromatic heterocycles. The molecule has 1 unspecified atom stereocenters. The standard InChI is InChI=1S/C24H32N4O2/c1-17(2)20-14-21-22(29)27(15-18-10-6-4-7-11-18)24(3,16-28(21)26-20)23(30)25-19-12-8-5-9-13-19/h4,6-7,10-11,14,17,19H,5,8-9,12-13,15-16H2,1-3H3,(H,25,30). The van der Waals surface area contributed by atoms with Crippen LogP contribution in [-0.4, -0.2) is 38.1 Å². The molecule has 2 heterocycles. The summed E-state index contributed by atoms with van der Waals surface area (Å²) in [7, 11) is 0. The van der Waals surface area contributed by atoms with Gasteiger partial charge >= 0.3 is 0 Å². The summed E-state index contributed by atoms with van der Waals surface area (Å²) in [4.78, 5) is 28.8. The van der Waals surface area contributed by atoms with E-state index in [0.717, 1.165) is 36.9 Å². The van der Waals surface area contributed by atoms with Gasteiger partial charge in [-0.25, -0.2) is 0 Å². The summed E-state index contributed by atoms with van der Waals surface area (Å²) in [6.07, 6.45) is 5.56. The zero-order valence-corrected chi connectivity index (χ0v) is 18.2. The van der Waals surface area contributed by atoms with Gasteiger partial charge in [-0.2, -0.15) is 5.10 Å². The minimum absolute atomic E-state index is 0.0778. The molecule has 0 radical (unpaired) electrons. The van der Waals surface area contributed by atoms with Gasteiger partial charge in [0.2, 0.25) is 5.91 Å². The van der Waals surface area contributed by atoms with Crippen molar-refractivity contribution in [1.29, 1.82) is 0 Å². The van der Waals surface area contributed by atoms with E-state index in [1.54, 1.807) is 9.58 Å². The topological polar surface area (TPSA) is 67.2 Å². The summed E-state index contributed by atoms with van der Waals surface area (Å²) in [6, 6.07) is 12.0. The molecule has 160 valence electrons. The third kappa shape index (κ3) is 3.87. The number of benzene rings is 1. The number of aromatic nitrogens is 2. The summed E-state index contributed by atoms with van der Waals surface area (Å²) >= 11 is 0. The minimum Gasteiger partial charge on any atom is -0.351 e. The van der Waals surface area contributed by atoms with Gasteiger partial charge in [-0.05, 0) is 37.3 Å². The molecule has 6 heteroatoms. The number of rotatable bonds is 5. The summed E-state index contributed by atoms with van der Waals surface area (Å²) < 4.78 is 1.74. The third-order valence-corrected chi connectivity index (χ3v) is 6.52. The van der Waals surface area contributed by atoms with Gasteiger partial charge in [0.15, 0.2) is 0 Å². The Balaban J connectivity index is 1.68. The third-order valence-electron chi connectivity index (χ3n) is 6.52. The van der Waals surface area contributed by atoms with Crippen molar-refractivity contribution in [1.82, 2.24) is 20.0 Å². The normalized spacial score (nSPS) is 22.3. The fourth-order valence-electron chi connectivity index (χ4n) is 4.55. The number of fused-ring (bicyclic) bond motifs is 1. The molecule has 0 spiro atoms. The molecule has 1 aliphatic heterocycles. The van der Waals surface area contributed by atoms with Crippen LogP contribution in [0.15, 0.2) is 36.4 Å². The zero-order valence-electron chi connectivity index (χ0n) is 18.2. The predicted molar refractivity (Wildman–Crippen MR) is 116 cm³/mol. The van der Waals surface area contributed by atoms with Crippen LogP contribution >= 0.6 is 0 Å². The lowest BCUT2D eigenvalue weighted by molar-refractivity contribution is -0.134. The second-order valence-corrected chi connectivity index (χ2v) is 9.23. The molecular formula is C24H32N4O2. The highest BCUT2D eigenvalue weighted by Crippen LogP contribution is 2.31. The van der Waals surface area contributed by atoms with E-state index in [-0.39, 0.29) is 23.8 Å². The summed E-state index contributed by atoms with van der Waals surface area (Å²) in [6.45, 7) is 6.78. The Labute approximate surface area is 178 Å². The van der Waals surface area contributed by atoms with Gasteiger partial charge in [0.25, 0.3) is 5.91 Å². The number of amides is 2. The first-order valence-corrected chi connectivity index (χ1v) is 11.1. The molecule has 0 saturated heterocycles. The first-order chi connectivity index (χ1) is 14.4. The number of hydrogen-bond donors (Lipinski definition) is 1. The molecule has 1 fully saturated rings. The summed E-state index contributed by atoms with van der Waals surface area (Å²) in [5.74, 6) is 0.0116. The summed E-state index contributed by atoms with van der Waals surface area (Å²) in [5, 5.41) is 7.91. The maximum Gasteiger partial charge on any atom is 0.273 e. The average molecular weight is 409 g/mol. The van der Waals surface area contributed by atoms with Gasteiger partial charge < -0.3 is 10.2 Å². The van der Waals surface area contributed by atoms with E-state index in [9.17, 15) is 9.59 Å². The van der Waals surface area contributed by atoms with Crippen molar-refractivity contribution in [3.05, 3.63) is 53.3 Å². The summed E-state index contributed by atoms with van der Waals surface area (Å²) in [5.41, 5.74) is 1.48. The largest absolute Gasteiger partial charge is 0.351 e. The molecule has 1 N–H and O–H groups in total. The van der Waals surface area contributed by atoms with Crippen LogP contribution < -0.4 is 5.32 Å². The van der Waals surface area contributed by atoms with Crippen LogP contribution in [0.25, 0.3) is 0 Å². The fraction of sp³-hybridized carbons (Fsp3) is 0.542. The predicted octanol–water partition coefficient (Wildman–Crippen LogP) is 3.87. The molecule has 0 bridgehead atoms. The van der Waals surface area contributed by atoms with E-state index >= 15 is 0 Å². The van der Waals surface area contributed by atoms with Crippen LogP contribution in [-0.2, 0) is 17.9 Å². The molecule has 6 nitrogen and oxygen atoms in total. The smallest absolute Gasteiger partial charge is 0.273 e. The number of hydrogen-bond acceptors (Lipinski definition) is 3. The Bertz CT molecular complexity index is 915. The van der Waals surface area contributed by atoms with Gasteiger partial charge in [-0.15, -0.1) is 0 Å². The van der Waals surface area contributed by atoms with Crippen molar-refractivity contribution in [3.63, 3.8) is 0 Å². The zero-order chi connectivity index (χ0) is 21.3. The van der Waals surface area contributed by atoms with Gasteiger partial charge in [-0.3, -0.25) is 14.3 Å². The highest BCUT2D eigenvalue weighted by molar-refractivity contribution is 5.99. The lowest BCUT2D eigenvalue weighted by Crippen LogP contribution is -2.64. The van der Waals surface area contributed by atoms with E-state index < -0.39 is 5.54 Å². The molecule has 2 aliphatic rings. The van der Waals surface area contributed by atoms with Crippen molar-refractivity contribution in [2.75, 3.05) is 0 Å². The highest BCUT2D eigenvalue weighted by atomic mass is 16.2. The molecule has 4 rings (SSSR count). The van der Waals surface area contributed by atoms with E-state index in [2.05, 4.69) is 24.3 Å². The van der Waals surface area contributed by atoms with E-state index in [4.69, 9.17) is 0 Å². The lowest BCUT2D eigenvalue weighted by atomic mass is 9.91. The van der Waals surface area contributed by atoms with Gasteiger partial charge in [-0.1, -0.05) is 63.4 Å². The van der Waals surface area contributed by atoms with Crippen LogP contribution in [0.5, 0.6) is 0 Å². The van der Waals surface area contributed by atoms with Crippen molar-refractivity contribution in [2.45, 2.75) is 83.5 Å². The molecule has 1 aliphatic carbocycles. The Morgan fingerprint density at radius 1 is 1.20 bits per heavy atom. The van der Waals surface area contributed by atoms with Crippen molar-refractivity contribution in [3.8, 4) is 0 Å². The SMILES string of the molecule is CC(C)c1cc2n(n1)CC(C)(C(=O)NC1CCCCC1)N(Cc1ccccc1)C2=O. The Hall–Kier alpha value is -2.63. The highest BCUT2D eigenvalue weighted by Gasteiger charge is 2.48. The van der Waals surface area contributed by atoms with Crippen molar-refractivity contribution in [2.24, 2.45) is 0 Å². The second-order valence-electron chi connectivity index (χ2n) is 9.23. The minimum atomic E-state index is -0.988. The molecule has 1 aromatic carbocycles. The maximum atomic E-state index is 13.6. The molecule has 1 saturated carbocycles. The van der Waals surface area contributed by atoms with Crippen molar-refractivity contribution < 1.29 is 9.59 Å². The van der Waals surface area contributed by atoms with E-state index in [1.165, 1.54) is 6.42 Å². The molecular weight excluding hydrogens is 376 g/mol. The molecule has 1 atom stereocenters. The van der Waals surface area contributed by atoms with Crippen LogP contribution in [0, 0.1) is 0 Å². The Morgan fingerprint density at radius 2 is 1.90 bits per heavy atom. The van der Waals surface area contributed by atoms with E-state index in [0.29, 0.717) is 18.8 Å².